The van der Waals surface area contributed by atoms with E-state index in [2.05, 4.69) is 22.4 Å². The van der Waals surface area contributed by atoms with E-state index < -0.39 is 0 Å². The van der Waals surface area contributed by atoms with Crippen molar-refractivity contribution in [2.45, 2.75) is 19.4 Å². The van der Waals surface area contributed by atoms with Gasteiger partial charge in [-0.3, -0.25) is 4.90 Å². The fourth-order valence-corrected chi connectivity index (χ4v) is 2.72. The lowest BCUT2D eigenvalue weighted by Gasteiger charge is -2.29. The van der Waals surface area contributed by atoms with Crippen LogP contribution in [0.4, 0.5) is 0 Å². The van der Waals surface area contributed by atoms with Gasteiger partial charge in [0.15, 0.2) is 0 Å². The SMILES string of the molecule is O=CC1CCCN(Cc2cccs2)C1. The zero-order valence-electron chi connectivity index (χ0n) is 8.19. The molecule has 1 fully saturated rings. The predicted molar refractivity (Wildman–Crippen MR) is 58.4 cm³/mol. The van der Waals surface area contributed by atoms with E-state index in [1.165, 1.54) is 4.88 Å². The second-order valence-corrected chi connectivity index (χ2v) is 4.89. The maximum atomic E-state index is 10.7. The first-order chi connectivity index (χ1) is 6.88. The van der Waals surface area contributed by atoms with Gasteiger partial charge >= 0.3 is 0 Å². The van der Waals surface area contributed by atoms with Gasteiger partial charge in [-0.05, 0) is 30.8 Å². The summed E-state index contributed by atoms with van der Waals surface area (Å²) in [4.78, 5) is 14.5. The maximum absolute atomic E-state index is 10.7. The lowest BCUT2D eigenvalue weighted by molar-refractivity contribution is -0.112. The molecule has 0 amide bonds. The van der Waals surface area contributed by atoms with E-state index >= 15 is 0 Å². The number of piperidine rings is 1. The molecule has 2 nitrogen and oxygen atoms in total. The van der Waals surface area contributed by atoms with E-state index in [0.717, 1.165) is 38.8 Å². The van der Waals surface area contributed by atoms with Gasteiger partial charge < -0.3 is 4.79 Å². The van der Waals surface area contributed by atoms with Crippen LogP contribution in [0, 0.1) is 5.92 Å². The molecule has 0 N–H and O–H groups in total. The molecule has 1 unspecified atom stereocenters. The third kappa shape index (κ3) is 2.42. The molecule has 1 atom stereocenters. The summed E-state index contributed by atoms with van der Waals surface area (Å²) in [5.74, 6) is 0.267. The van der Waals surface area contributed by atoms with Crippen LogP contribution in [-0.2, 0) is 11.3 Å². The van der Waals surface area contributed by atoms with Crippen LogP contribution in [0.15, 0.2) is 17.5 Å². The monoisotopic (exact) mass is 209 g/mol. The Kier molecular flexibility index (Phi) is 3.32. The van der Waals surface area contributed by atoms with Gasteiger partial charge in [-0.1, -0.05) is 6.07 Å². The highest BCUT2D eigenvalue weighted by Crippen LogP contribution is 2.18. The quantitative estimate of drug-likeness (QED) is 0.711. The highest BCUT2D eigenvalue weighted by molar-refractivity contribution is 7.09. The molecular weight excluding hydrogens is 194 g/mol. The van der Waals surface area contributed by atoms with E-state index in [-0.39, 0.29) is 5.92 Å². The van der Waals surface area contributed by atoms with Gasteiger partial charge in [0.05, 0.1) is 0 Å². The number of carbonyl (C=O) groups is 1. The van der Waals surface area contributed by atoms with Crippen LogP contribution in [-0.4, -0.2) is 24.3 Å². The summed E-state index contributed by atoms with van der Waals surface area (Å²) < 4.78 is 0. The normalized spacial score (nSPS) is 23.6. The second kappa shape index (κ2) is 4.71. The Balaban J connectivity index is 1.89. The van der Waals surface area contributed by atoms with Crippen LogP contribution >= 0.6 is 11.3 Å². The number of hydrogen-bond donors (Lipinski definition) is 0. The Labute approximate surface area is 88.5 Å². The smallest absolute Gasteiger partial charge is 0.124 e. The van der Waals surface area contributed by atoms with Gasteiger partial charge in [0.2, 0.25) is 0 Å². The van der Waals surface area contributed by atoms with Crippen molar-refractivity contribution in [3.05, 3.63) is 22.4 Å². The molecule has 76 valence electrons. The minimum Gasteiger partial charge on any atom is -0.303 e. The lowest BCUT2D eigenvalue weighted by atomic mass is 10.00. The molecule has 1 aliphatic rings. The largest absolute Gasteiger partial charge is 0.303 e. The Morgan fingerprint density at radius 1 is 1.64 bits per heavy atom. The molecule has 14 heavy (non-hydrogen) atoms. The van der Waals surface area contributed by atoms with Crippen molar-refractivity contribution < 1.29 is 4.79 Å². The van der Waals surface area contributed by atoms with Crippen molar-refractivity contribution in [1.82, 2.24) is 4.90 Å². The molecule has 0 aromatic carbocycles. The average Bonchev–Trinajstić information content (AvgIpc) is 2.71. The summed E-state index contributed by atoms with van der Waals surface area (Å²) in [7, 11) is 0. The van der Waals surface area contributed by atoms with Crippen LogP contribution in [0.5, 0.6) is 0 Å². The topological polar surface area (TPSA) is 20.3 Å². The first kappa shape index (κ1) is 9.87. The van der Waals surface area contributed by atoms with Gasteiger partial charge in [0.25, 0.3) is 0 Å². The molecule has 0 bridgehead atoms. The number of rotatable bonds is 3. The van der Waals surface area contributed by atoms with Crippen LogP contribution in [0.2, 0.25) is 0 Å². The number of carbonyl (C=O) groups excluding carboxylic acids is 1. The molecule has 1 aliphatic heterocycles. The third-order valence-corrected chi connectivity index (χ3v) is 3.56. The highest BCUT2D eigenvalue weighted by Gasteiger charge is 2.19. The molecule has 0 aliphatic carbocycles. The summed E-state index contributed by atoms with van der Waals surface area (Å²) >= 11 is 1.80. The minimum atomic E-state index is 0.267. The van der Waals surface area contributed by atoms with Crippen molar-refractivity contribution in [3.8, 4) is 0 Å². The molecule has 2 heterocycles. The lowest BCUT2D eigenvalue weighted by Crippen LogP contribution is -2.35. The van der Waals surface area contributed by atoms with Crippen LogP contribution < -0.4 is 0 Å². The molecular formula is C11H15NOS. The zero-order chi connectivity index (χ0) is 9.80. The number of aldehydes is 1. The standard InChI is InChI=1S/C11H15NOS/c13-9-10-3-1-5-12(7-10)8-11-4-2-6-14-11/h2,4,6,9-10H,1,3,5,7-8H2. The van der Waals surface area contributed by atoms with E-state index in [4.69, 9.17) is 0 Å². The van der Waals surface area contributed by atoms with Gasteiger partial charge in [-0.2, -0.15) is 0 Å². The van der Waals surface area contributed by atoms with Crippen molar-refractivity contribution >= 4 is 17.6 Å². The summed E-state index contributed by atoms with van der Waals surface area (Å²) in [5.41, 5.74) is 0. The van der Waals surface area contributed by atoms with Gasteiger partial charge in [-0.25, -0.2) is 0 Å². The van der Waals surface area contributed by atoms with Crippen molar-refractivity contribution in [2.24, 2.45) is 5.92 Å². The van der Waals surface area contributed by atoms with Crippen molar-refractivity contribution in [3.63, 3.8) is 0 Å². The van der Waals surface area contributed by atoms with E-state index in [1.807, 2.05) is 0 Å². The first-order valence-corrected chi connectivity index (χ1v) is 5.96. The Morgan fingerprint density at radius 2 is 2.57 bits per heavy atom. The molecule has 2 rings (SSSR count). The van der Waals surface area contributed by atoms with Crippen LogP contribution in [0.25, 0.3) is 0 Å². The average molecular weight is 209 g/mol. The summed E-state index contributed by atoms with van der Waals surface area (Å²) in [6.45, 7) is 3.10. The maximum Gasteiger partial charge on any atom is 0.124 e. The second-order valence-electron chi connectivity index (χ2n) is 3.85. The van der Waals surface area contributed by atoms with E-state index in [0.29, 0.717) is 0 Å². The Bertz CT molecular complexity index is 283. The summed E-state index contributed by atoms with van der Waals surface area (Å²) in [6.07, 6.45) is 3.35. The minimum absolute atomic E-state index is 0.267. The van der Waals surface area contributed by atoms with Crippen molar-refractivity contribution in [2.75, 3.05) is 13.1 Å². The molecule has 0 spiro atoms. The molecule has 1 saturated heterocycles. The predicted octanol–water partition coefficient (Wildman–Crippen LogP) is 2.16. The Morgan fingerprint density at radius 3 is 3.29 bits per heavy atom. The van der Waals surface area contributed by atoms with Crippen LogP contribution in [0.3, 0.4) is 0 Å². The highest BCUT2D eigenvalue weighted by atomic mass is 32.1. The van der Waals surface area contributed by atoms with Crippen LogP contribution in [0.1, 0.15) is 17.7 Å². The third-order valence-electron chi connectivity index (χ3n) is 2.69. The number of nitrogens with zero attached hydrogens (tertiary/aromatic N) is 1. The fraction of sp³-hybridized carbons (Fsp3) is 0.545. The number of likely N-dealkylation sites (tertiary alicyclic amines) is 1. The summed E-state index contributed by atoms with van der Waals surface area (Å²) in [6, 6.07) is 4.25. The van der Waals surface area contributed by atoms with Gasteiger partial charge in [-0.15, -0.1) is 11.3 Å². The van der Waals surface area contributed by atoms with Gasteiger partial charge in [0.1, 0.15) is 6.29 Å². The number of thiophene rings is 1. The molecule has 1 aromatic rings. The van der Waals surface area contributed by atoms with E-state index in [9.17, 15) is 4.79 Å². The van der Waals surface area contributed by atoms with Gasteiger partial charge in [0, 0.05) is 23.9 Å². The fourth-order valence-electron chi connectivity index (χ4n) is 1.97. The van der Waals surface area contributed by atoms with E-state index in [1.54, 1.807) is 11.3 Å². The molecule has 3 heteroatoms. The summed E-state index contributed by atoms with van der Waals surface area (Å²) in [5, 5.41) is 2.11. The van der Waals surface area contributed by atoms with Crippen molar-refractivity contribution in [1.29, 1.82) is 0 Å². The molecule has 0 saturated carbocycles. The molecule has 1 aromatic heterocycles. The zero-order valence-corrected chi connectivity index (χ0v) is 9.00. The Hall–Kier alpha value is -0.670. The molecule has 0 radical (unpaired) electrons. The number of hydrogen-bond acceptors (Lipinski definition) is 3. The first-order valence-electron chi connectivity index (χ1n) is 5.08.